The summed E-state index contributed by atoms with van der Waals surface area (Å²) in [5.74, 6) is -8.19. The zero-order chi connectivity index (χ0) is 28.3. The Balaban J connectivity index is 2.89. The van der Waals surface area contributed by atoms with Crippen LogP contribution in [0.15, 0.2) is 29.4 Å². The van der Waals surface area contributed by atoms with E-state index < -0.39 is 82.1 Å². The molecular formula is C21H25N5O11. The average Bonchev–Trinajstić information content (AvgIpc) is 2.82. The first-order chi connectivity index (χ1) is 17.1. The molecule has 1 aromatic rings. The molecule has 6 atom stereocenters. The topological polar surface area (TPSA) is 262 Å². The predicted octanol–water partition coefficient (Wildman–Crippen LogP) is -1.39. The van der Waals surface area contributed by atoms with Gasteiger partial charge in [0, 0.05) is 23.0 Å². The summed E-state index contributed by atoms with van der Waals surface area (Å²) in [4.78, 5) is 63.1. The Labute approximate surface area is 208 Å². The van der Waals surface area contributed by atoms with Gasteiger partial charge >= 0.3 is 0 Å². The molecule has 1 fully saturated rings. The van der Waals surface area contributed by atoms with Gasteiger partial charge in [0.15, 0.2) is 34.3 Å². The van der Waals surface area contributed by atoms with E-state index >= 15 is 0 Å². The van der Waals surface area contributed by atoms with Crippen molar-refractivity contribution in [2.45, 2.75) is 62.4 Å². The average molecular weight is 523 g/mol. The summed E-state index contributed by atoms with van der Waals surface area (Å²) in [7, 11) is 0. The number of hydrogen-bond acceptors (Lipinski definition) is 12. The summed E-state index contributed by atoms with van der Waals surface area (Å²) in [6, 6.07) is 2.43. The molecule has 1 saturated heterocycles. The molecule has 0 saturated carbocycles. The van der Waals surface area contributed by atoms with Crippen molar-refractivity contribution in [3.05, 3.63) is 50.4 Å². The molecule has 0 spiro atoms. The van der Waals surface area contributed by atoms with Gasteiger partial charge in [-0.2, -0.15) is 0 Å². The van der Waals surface area contributed by atoms with Gasteiger partial charge in [-0.1, -0.05) is 23.3 Å². The highest BCUT2D eigenvalue weighted by Crippen LogP contribution is 2.46. The second-order valence-electron chi connectivity index (χ2n) is 8.54. The lowest BCUT2D eigenvalue weighted by atomic mass is 9.63. The number of para-hydroxylation sites is 1. The number of azide groups is 1. The van der Waals surface area contributed by atoms with Crippen LogP contribution in [-0.4, -0.2) is 90.4 Å². The summed E-state index contributed by atoms with van der Waals surface area (Å²) in [6.45, 7) is 1.29. The number of aliphatic hydroxyl groups excluding tert-OH is 1. The van der Waals surface area contributed by atoms with Crippen LogP contribution in [-0.2, 0) is 30.3 Å². The minimum atomic E-state index is -3.47. The van der Waals surface area contributed by atoms with Gasteiger partial charge < -0.3 is 30.5 Å². The minimum Gasteiger partial charge on any atom is -0.382 e. The fourth-order valence-corrected chi connectivity index (χ4v) is 4.36. The van der Waals surface area contributed by atoms with E-state index in [-0.39, 0.29) is 5.56 Å². The Morgan fingerprint density at radius 3 is 2.22 bits per heavy atom. The number of Topliss-reactive ketones (excluding diaryl/α,β-unsaturated/α-hetero) is 3. The van der Waals surface area contributed by atoms with Crippen LogP contribution in [0, 0.1) is 10.1 Å². The van der Waals surface area contributed by atoms with Crippen molar-refractivity contribution in [2.24, 2.45) is 5.11 Å². The number of amides is 1. The monoisotopic (exact) mass is 523 g/mol. The molecule has 1 aromatic carbocycles. The van der Waals surface area contributed by atoms with Crippen molar-refractivity contribution >= 4 is 28.9 Å². The molecule has 0 aromatic heterocycles. The number of nitro benzene ring substituents is 1. The summed E-state index contributed by atoms with van der Waals surface area (Å²) in [5.41, 5.74) is 0.792. The van der Waals surface area contributed by atoms with Gasteiger partial charge in [0.25, 0.3) is 5.69 Å². The van der Waals surface area contributed by atoms with Gasteiger partial charge in [0.1, 0.15) is 24.8 Å². The normalized spacial score (nSPS) is 29.9. The van der Waals surface area contributed by atoms with Gasteiger partial charge in [-0.25, -0.2) is 0 Å². The first-order valence-electron chi connectivity index (χ1n) is 10.7. The molecule has 0 radical (unpaired) electrons. The SMILES string of the molecule is CC(=O)C(O)[C@H]1OC(O)(Cc2ccccc2[N+](=O)[O-])[C@H](NC(=O)CN=[N+]=[N-])[C@](O)(C(C)=O)[C@]1(O)C(C)=O. The van der Waals surface area contributed by atoms with Gasteiger partial charge in [-0.05, 0) is 26.3 Å². The molecule has 5 N–H and O–H groups in total. The fraction of sp³-hybridized carbons (Fsp3) is 0.524. The summed E-state index contributed by atoms with van der Waals surface area (Å²) >= 11 is 0. The maximum Gasteiger partial charge on any atom is 0.272 e. The number of carbonyl (C=O) groups is 4. The van der Waals surface area contributed by atoms with Crippen LogP contribution in [0.4, 0.5) is 5.69 Å². The third-order valence-electron chi connectivity index (χ3n) is 6.18. The zero-order valence-corrected chi connectivity index (χ0v) is 19.9. The number of hydrogen-bond donors (Lipinski definition) is 5. The van der Waals surface area contributed by atoms with E-state index in [2.05, 4.69) is 10.0 Å². The molecule has 0 aliphatic carbocycles. The van der Waals surface area contributed by atoms with E-state index in [0.29, 0.717) is 13.8 Å². The second kappa shape index (κ2) is 10.7. The van der Waals surface area contributed by atoms with E-state index in [1.54, 1.807) is 0 Å². The van der Waals surface area contributed by atoms with Crippen LogP contribution in [0.3, 0.4) is 0 Å². The number of benzene rings is 1. The van der Waals surface area contributed by atoms with Crippen molar-refractivity contribution in [1.82, 2.24) is 5.32 Å². The molecule has 0 bridgehead atoms. The molecule has 1 aliphatic heterocycles. The second-order valence-corrected chi connectivity index (χ2v) is 8.54. The fourth-order valence-electron chi connectivity index (χ4n) is 4.36. The summed E-state index contributed by atoms with van der Waals surface area (Å²) in [6.07, 6.45) is -5.83. The predicted molar refractivity (Wildman–Crippen MR) is 121 cm³/mol. The van der Waals surface area contributed by atoms with Crippen molar-refractivity contribution in [3.63, 3.8) is 0 Å². The lowest BCUT2D eigenvalue weighted by Crippen LogP contribution is -2.86. The zero-order valence-electron chi connectivity index (χ0n) is 19.9. The van der Waals surface area contributed by atoms with Gasteiger partial charge in [0.05, 0.1) is 4.92 Å². The number of aliphatic hydroxyl groups is 4. The quantitative estimate of drug-likeness (QED) is 0.0783. The highest BCUT2D eigenvalue weighted by Gasteiger charge is 2.75. The Bertz CT molecular complexity index is 1190. The number of carbonyl (C=O) groups excluding carboxylic acids is 4. The molecule has 1 aliphatic rings. The van der Waals surface area contributed by atoms with Crippen molar-refractivity contribution < 1.29 is 49.3 Å². The van der Waals surface area contributed by atoms with Crippen LogP contribution in [0.1, 0.15) is 26.3 Å². The minimum absolute atomic E-state index is 0.250. The van der Waals surface area contributed by atoms with Gasteiger partial charge in [-0.3, -0.25) is 29.3 Å². The molecule has 2 rings (SSSR count). The molecule has 1 amide bonds. The Morgan fingerprint density at radius 2 is 1.73 bits per heavy atom. The lowest BCUT2D eigenvalue weighted by molar-refractivity contribution is -0.387. The van der Waals surface area contributed by atoms with E-state index in [4.69, 9.17) is 10.3 Å². The van der Waals surface area contributed by atoms with Crippen LogP contribution in [0.5, 0.6) is 0 Å². The Hall–Kier alpha value is -3.79. The van der Waals surface area contributed by atoms with Gasteiger partial charge in [-0.15, -0.1) is 0 Å². The molecule has 16 heteroatoms. The largest absolute Gasteiger partial charge is 0.382 e. The van der Waals surface area contributed by atoms with Crippen LogP contribution < -0.4 is 5.32 Å². The molecular weight excluding hydrogens is 498 g/mol. The van der Waals surface area contributed by atoms with Crippen LogP contribution in [0.25, 0.3) is 10.4 Å². The summed E-state index contributed by atoms with van der Waals surface area (Å²) < 4.78 is 5.44. The molecule has 200 valence electrons. The number of nitrogens with one attached hydrogen (secondary N) is 1. The highest BCUT2D eigenvalue weighted by atomic mass is 16.7. The lowest BCUT2D eigenvalue weighted by Gasteiger charge is -2.58. The van der Waals surface area contributed by atoms with Crippen LogP contribution in [0.2, 0.25) is 0 Å². The highest BCUT2D eigenvalue weighted by molar-refractivity contribution is 6.00. The Kier molecular flexibility index (Phi) is 8.49. The van der Waals surface area contributed by atoms with Crippen molar-refractivity contribution in [1.29, 1.82) is 0 Å². The smallest absolute Gasteiger partial charge is 0.272 e. The Morgan fingerprint density at radius 1 is 1.16 bits per heavy atom. The van der Waals surface area contributed by atoms with Crippen molar-refractivity contribution in [3.8, 4) is 0 Å². The van der Waals surface area contributed by atoms with E-state index in [1.807, 2.05) is 5.32 Å². The number of nitrogens with zero attached hydrogens (tertiary/aromatic N) is 4. The standard InChI is InChI=1S/C21H25N5O11/c1-10(27)16(31)17-20(33,11(2)28)21(34,12(3)29)18(24-15(30)9-23-25-22)19(32,37-17)8-13-6-4-5-7-14(13)26(35)36/h4-7,16-18,31-34H,8-9H2,1-3H3,(H,24,30)/t16?,17-,18+,19?,20+,21-/m1/s1. The third kappa shape index (κ3) is 5.06. The van der Waals surface area contributed by atoms with Crippen LogP contribution >= 0.6 is 0 Å². The maximum absolute atomic E-state index is 12.9. The number of ketones is 3. The van der Waals surface area contributed by atoms with E-state index in [1.165, 1.54) is 18.2 Å². The molecule has 37 heavy (non-hydrogen) atoms. The molecule has 16 nitrogen and oxygen atoms in total. The first kappa shape index (κ1) is 29.4. The maximum atomic E-state index is 12.9. The first-order valence-corrected chi connectivity index (χ1v) is 10.7. The molecule has 1 heterocycles. The van der Waals surface area contributed by atoms with Crippen molar-refractivity contribution in [2.75, 3.05) is 6.54 Å². The number of nitro groups is 1. The molecule has 2 unspecified atom stereocenters. The summed E-state index contributed by atoms with van der Waals surface area (Å²) in [5, 5.41) is 61.7. The number of rotatable bonds is 10. The van der Waals surface area contributed by atoms with E-state index in [9.17, 15) is 49.7 Å². The number of ether oxygens (including phenoxy) is 1. The van der Waals surface area contributed by atoms with E-state index in [0.717, 1.165) is 13.0 Å². The van der Waals surface area contributed by atoms with Gasteiger partial charge in [0.2, 0.25) is 5.91 Å². The third-order valence-corrected chi connectivity index (χ3v) is 6.18.